The molecule has 17 heavy (non-hydrogen) atoms. The summed E-state index contributed by atoms with van der Waals surface area (Å²) in [5, 5.41) is 5.21. The summed E-state index contributed by atoms with van der Waals surface area (Å²) in [7, 11) is 0. The topological polar surface area (TPSA) is 67.2 Å². The summed E-state index contributed by atoms with van der Waals surface area (Å²) in [6, 6.07) is 3.71. The minimum Gasteiger partial charge on any atom is -0.389 e. The number of anilines is 1. The number of nitrogens with two attached hydrogens (primary N) is 1. The molecule has 1 rings (SSSR count). The van der Waals surface area contributed by atoms with Gasteiger partial charge in [0.05, 0.1) is 0 Å². The van der Waals surface area contributed by atoms with Gasteiger partial charge in [0.15, 0.2) is 0 Å². The van der Waals surface area contributed by atoms with Crippen molar-refractivity contribution in [2.75, 3.05) is 5.32 Å². The maximum atomic E-state index is 13.3. The number of urea groups is 1. The van der Waals surface area contributed by atoms with Gasteiger partial charge in [-0.15, -0.1) is 0 Å². The van der Waals surface area contributed by atoms with Crippen LogP contribution in [-0.4, -0.2) is 17.1 Å². The van der Waals surface area contributed by atoms with Crippen LogP contribution in [0.25, 0.3) is 0 Å². The van der Waals surface area contributed by atoms with Crippen LogP contribution in [0.15, 0.2) is 18.2 Å². The van der Waals surface area contributed by atoms with Gasteiger partial charge in [-0.05, 0) is 32.0 Å². The molecule has 4 nitrogen and oxygen atoms in total. The van der Waals surface area contributed by atoms with Crippen LogP contribution in [0.5, 0.6) is 0 Å². The van der Waals surface area contributed by atoms with E-state index in [2.05, 4.69) is 10.6 Å². The van der Waals surface area contributed by atoms with Crippen LogP contribution in [0.1, 0.15) is 19.4 Å². The summed E-state index contributed by atoms with van der Waals surface area (Å²) in [5.74, 6) is -0.507. The van der Waals surface area contributed by atoms with Gasteiger partial charge in [-0.2, -0.15) is 0 Å². The fourth-order valence-electron chi connectivity index (χ4n) is 1.22. The smallest absolute Gasteiger partial charge is 0.319 e. The van der Waals surface area contributed by atoms with Gasteiger partial charge in [0, 0.05) is 17.3 Å². The second-order valence-electron chi connectivity index (χ2n) is 3.81. The molecule has 0 unspecified atom stereocenters. The second-order valence-corrected chi connectivity index (χ2v) is 4.25. The van der Waals surface area contributed by atoms with Crippen LogP contribution in [0.3, 0.4) is 0 Å². The van der Waals surface area contributed by atoms with E-state index in [4.69, 9.17) is 18.0 Å². The third kappa shape index (κ3) is 3.99. The lowest BCUT2D eigenvalue weighted by Gasteiger charge is -2.11. The van der Waals surface area contributed by atoms with Crippen LogP contribution < -0.4 is 16.4 Å². The quantitative estimate of drug-likeness (QED) is 0.724. The first-order valence-electron chi connectivity index (χ1n) is 5.07. The van der Waals surface area contributed by atoms with E-state index in [1.165, 1.54) is 18.2 Å². The molecule has 2 amide bonds. The molecular weight excluding hydrogens is 241 g/mol. The van der Waals surface area contributed by atoms with Crippen molar-refractivity contribution in [1.29, 1.82) is 0 Å². The van der Waals surface area contributed by atoms with Crippen LogP contribution in [0.4, 0.5) is 14.9 Å². The van der Waals surface area contributed by atoms with Crippen molar-refractivity contribution >= 4 is 28.9 Å². The second kappa shape index (κ2) is 5.58. The molecule has 0 aliphatic rings. The molecule has 0 aliphatic heterocycles. The van der Waals surface area contributed by atoms with Gasteiger partial charge in [0.25, 0.3) is 0 Å². The Hall–Kier alpha value is -1.69. The lowest BCUT2D eigenvalue weighted by molar-refractivity contribution is 0.250. The van der Waals surface area contributed by atoms with E-state index in [0.29, 0.717) is 5.69 Å². The van der Waals surface area contributed by atoms with E-state index in [1.54, 1.807) is 0 Å². The number of hydrogen-bond acceptors (Lipinski definition) is 2. The fourth-order valence-corrected chi connectivity index (χ4v) is 1.38. The van der Waals surface area contributed by atoms with Crippen LogP contribution in [-0.2, 0) is 0 Å². The summed E-state index contributed by atoms with van der Waals surface area (Å²) >= 11 is 4.70. The van der Waals surface area contributed by atoms with Crippen LogP contribution in [0, 0.1) is 5.82 Å². The molecule has 92 valence electrons. The Morgan fingerprint density at radius 3 is 2.65 bits per heavy atom. The first kappa shape index (κ1) is 13.4. The highest BCUT2D eigenvalue weighted by Crippen LogP contribution is 2.14. The Kier molecular flexibility index (Phi) is 4.39. The average molecular weight is 255 g/mol. The number of nitrogens with one attached hydrogen (secondary N) is 2. The average Bonchev–Trinajstić information content (AvgIpc) is 2.19. The monoisotopic (exact) mass is 255 g/mol. The zero-order valence-electron chi connectivity index (χ0n) is 9.58. The molecule has 0 aromatic heterocycles. The van der Waals surface area contributed by atoms with E-state index >= 15 is 0 Å². The third-order valence-electron chi connectivity index (χ3n) is 1.91. The molecular formula is C11H14FN3OS. The van der Waals surface area contributed by atoms with E-state index < -0.39 is 5.82 Å². The van der Waals surface area contributed by atoms with Crippen molar-refractivity contribution in [3.05, 3.63) is 29.6 Å². The van der Waals surface area contributed by atoms with Gasteiger partial charge >= 0.3 is 6.03 Å². The molecule has 0 heterocycles. The number of thiocarbonyl (C=S) groups is 1. The van der Waals surface area contributed by atoms with Gasteiger partial charge in [0.1, 0.15) is 10.8 Å². The molecule has 0 saturated heterocycles. The van der Waals surface area contributed by atoms with Gasteiger partial charge in [-0.1, -0.05) is 12.2 Å². The predicted molar refractivity (Wildman–Crippen MR) is 69.6 cm³/mol. The molecule has 6 heteroatoms. The highest BCUT2D eigenvalue weighted by molar-refractivity contribution is 7.80. The van der Waals surface area contributed by atoms with E-state index in [-0.39, 0.29) is 22.6 Å². The summed E-state index contributed by atoms with van der Waals surface area (Å²) in [6.45, 7) is 3.68. The lowest BCUT2D eigenvalue weighted by Crippen LogP contribution is -2.34. The highest BCUT2D eigenvalue weighted by Gasteiger charge is 2.08. The Balaban J connectivity index is 2.82. The number of halogens is 1. The highest BCUT2D eigenvalue weighted by atomic mass is 32.1. The summed E-state index contributed by atoms with van der Waals surface area (Å²) in [5.41, 5.74) is 5.91. The van der Waals surface area contributed by atoms with Gasteiger partial charge < -0.3 is 16.4 Å². The number of carbonyl (C=O) groups excluding carboxylic acids is 1. The Morgan fingerprint density at radius 2 is 2.12 bits per heavy atom. The number of carbonyl (C=O) groups is 1. The molecule has 1 aromatic rings. The van der Waals surface area contributed by atoms with E-state index in [1.807, 2.05) is 13.8 Å². The minimum atomic E-state index is -0.507. The molecule has 0 atom stereocenters. The van der Waals surface area contributed by atoms with Crippen molar-refractivity contribution in [3.8, 4) is 0 Å². The zero-order chi connectivity index (χ0) is 13.0. The van der Waals surface area contributed by atoms with Crippen LogP contribution in [0.2, 0.25) is 0 Å². The minimum absolute atomic E-state index is 0.0190. The van der Waals surface area contributed by atoms with Crippen molar-refractivity contribution in [3.63, 3.8) is 0 Å². The molecule has 0 spiro atoms. The standard InChI is InChI=1S/C11H14FN3OS/c1-6(2)14-11(16)15-7-3-4-9(12)8(5-7)10(13)17/h3-6H,1-2H3,(H2,13,17)(H2,14,15,16). The fraction of sp³-hybridized carbons (Fsp3) is 0.273. The normalized spacial score (nSPS) is 10.1. The maximum absolute atomic E-state index is 13.3. The molecule has 1 aromatic carbocycles. The lowest BCUT2D eigenvalue weighted by atomic mass is 10.2. The predicted octanol–water partition coefficient (Wildman–Crippen LogP) is 1.99. The SMILES string of the molecule is CC(C)NC(=O)Nc1ccc(F)c(C(N)=S)c1. The summed E-state index contributed by atoms with van der Waals surface area (Å²) < 4.78 is 13.3. The number of amides is 2. The first-order chi connectivity index (χ1) is 7.90. The number of hydrogen-bond donors (Lipinski definition) is 3. The van der Waals surface area contributed by atoms with E-state index in [9.17, 15) is 9.18 Å². The van der Waals surface area contributed by atoms with E-state index in [0.717, 1.165) is 0 Å². The zero-order valence-corrected chi connectivity index (χ0v) is 10.4. The van der Waals surface area contributed by atoms with Gasteiger partial charge in [-0.3, -0.25) is 0 Å². The number of benzene rings is 1. The van der Waals surface area contributed by atoms with Gasteiger partial charge in [-0.25, -0.2) is 9.18 Å². The van der Waals surface area contributed by atoms with Crippen molar-refractivity contribution in [2.24, 2.45) is 5.73 Å². The van der Waals surface area contributed by atoms with Crippen molar-refractivity contribution < 1.29 is 9.18 Å². The molecule has 0 bridgehead atoms. The third-order valence-corrected chi connectivity index (χ3v) is 2.13. The molecule has 4 N–H and O–H groups in total. The summed E-state index contributed by atoms with van der Waals surface area (Å²) in [4.78, 5) is 11.4. The Bertz CT molecular complexity index is 448. The largest absolute Gasteiger partial charge is 0.389 e. The van der Waals surface area contributed by atoms with Crippen molar-refractivity contribution in [1.82, 2.24) is 5.32 Å². The molecule has 0 aliphatic carbocycles. The van der Waals surface area contributed by atoms with Crippen molar-refractivity contribution in [2.45, 2.75) is 19.9 Å². The number of rotatable bonds is 3. The first-order valence-corrected chi connectivity index (χ1v) is 5.48. The Labute approximate surface area is 104 Å². The molecule has 0 radical (unpaired) electrons. The molecule has 0 saturated carbocycles. The maximum Gasteiger partial charge on any atom is 0.319 e. The van der Waals surface area contributed by atoms with Crippen LogP contribution >= 0.6 is 12.2 Å². The summed E-state index contributed by atoms with van der Waals surface area (Å²) in [6.07, 6.45) is 0. The molecule has 0 fully saturated rings. The van der Waals surface area contributed by atoms with Gasteiger partial charge in [0.2, 0.25) is 0 Å². The Morgan fingerprint density at radius 1 is 1.47 bits per heavy atom.